The second-order valence-corrected chi connectivity index (χ2v) is 7.30. The number of aromatic nitrogens is 3. The average molecular weight is 372 g/mol. The van der Waals surface area contributed by atoms with E-state index < -0.39 is 0 Å². The summed E-state index contributed by atoms with van der Waals surface area (Å²) in [6, 6.07) is 13.7. The maximum atomic E-state index is 13.7. The summed E-state index contributed by atoms with van der Waals surface area (Å²) in [4.78, 5) is 20.3. The van der Waals surface area contributed by atoms with Crippen molar-refractivity contribution in [1.29, 1.82) is 0 Å². The number of amides is 1. The zero-order valence-corrected chi connectivity index (χ0v) is 16.0. The summed E-state index contributed by atoms with van der Waals surface area (Å²) in [5.74, 6) is 0.596. The van der Waals surface area contributed by atoms with Gasteiger partial charge in [0.05, 0.1) is 22.9 Å². The molecule has 28 heavy (non-hydrogen) atoms. The molecule has 0 saturated carbocycles. The topological polar surface area (TPSA) is 64.2 Å². The minimum Gasteiger partial charge on any atom is -0.463 e. The Morgan fingerprint density at radius 3 is 2.82 bits per heavy atom. The predicted molar refractivity (Wildman–Crippen MR) is 107 cm³/mol. The van der Waals surface area contributed by atoms with Crippen molar-refractivity contribution < 1.29 is 9.21 Å². The maximum absolute atomic E-state index is 13.7. The number of hydrogen-bond acceptors (Lipinski definition) is 4. The van der Waals surface area contributed by atoms with Gasteiger partial charge in [-0.2, -0.15) is 5.10 Å². The van der Waals surface area contributed by atoms with E-state index in [9.17, 15) is 4.79 Å². The second-order valence-electron chi connectivity index (χ2n) is 7.30. The van der Waals surface area contributed by atoms with Crippen LogP contribution in [-0.4, -0.2) is 26.7 Å². The van der Waals surface area contributed by atoms with Gasteiger partial charge in [-0.3, -0.25) is 9.48 Å². The lowest BCUT2D eigenvalue weighted by atomic mass is 10.1. The summed E-state index contributed by atoms with van der Waals surface area (Å²) in [5.41, 5.74) is 4.87. The molecule has 1 aliphatic rings. The van der Waals surface area contributed by atoms with Crippen LogP contribution in [0.1, 0.15) is 28.5 Å². The number of pyridine rings is 1. The summed E-state index contributed by atoms with van der Waals surface area (Å²) in [6.07, 6.45) is 2.46. The van der Waals surface area contributed by atoms with E-state index in [0.717, 1.165) is 23.2 Å². The van der Waals surface area contributed by atoms with Gasteiger partial charge in [-0.05, 0) is 50.1 Å². The van der Waals surface area contributed by atoms with Gasteiger partial charge in [0, 0.05) is 18.8 Å². The smallest absolute Gasteiger partial charge is 0.259 e. The normalized spacial score (nSPS) is 16.0. The van der Waals surface area contributed by atoms with E-state index in [1.807, 2.05) is 55.3 Å². The van der Waals surface area contributed by atoms with Crippen molar-refractivity contribution >= 4 is 22.6 Å². The Hall–Kier alpha value is -3.41. The zero-order chi connectivity index (χ0) is 19.4. The number of nitrogens with zero attached hydrogens (tertiary/aromatic N) is 4. The molecule has 6 heteroatoms. The van der Waals surface area contributed by atoms with E-state index >= 15 is 0 Å². The van der Waals surface area contributed by atoms with Crippen molar-refractivity contribution in [2.75, 3.05) is 4.90 Å². The van der Waals surface area contributed by atoms with Crippen LogP contribution in [0.2, 0.25) is 0 Å². The van der Waals surface area contributed by atoms with Crippen LogP contribution in [0.5, 0.6) is 0 Å². The van der Waals surface area contributed by atoms with Crippen molar-refractivity contribution in [2.45, 2.75) is 26.3 Å². The molecule has 0 radical (unpaired) electrons. The average Bonchev–Trinajstić information content (AvgIpc) is 3.39. The molecule has 0 saturated heterocycles. The molecule has 3 aromatic heterocycles. The summed E-state index contributed by atoms with van der Waals surface area (Å²) < 4.78 is 7.25. The van der Waals surface area contributed by atoms with Crippen molar-refractivity contribution in [3.63, 3.8) is 0 Å². The van der Waals surface area contributed by atoms with E-state index in [2.05, 4.69) is 18.1 Å². The van der Waals surface area contributed by atoms with Crippen molar-refractivity contribution in [1.82, 2.24) is 14.8 Å². The van der Waals surface area contributed by atoms with Gasteiger partial charge in [0.2, 0.25) is 0 Å². The molecular formula is C22H20N4O2. The van der Waals surface area contributed by atoms with E-state index in [0.29, 0.717) is 22.7 Å². The SMILES string of the molecule is Cc1nn(C)c2nc(-c3ccco3)cc(C(=O)N3c4ccccc4C[C@@H]3C)c12. The number of para-hydroxylation sites is 1. The molecule has 0 aliphatic carbocycles. The van der Waals surface area contributed by atoms with Crippen molar-refractivity contribution in [3.8, 4) is 11.5 Å². The maximum Gasteiger partial charge on any atom is 0.259 e. The van der Waals surface area contributed by atoms with Crippen LogP contribution in [0.25, 0.3) is 22.5 Å². The Bertz CT molecular complexity index is 1210. The lowest BCUT2D eigenvalue weighted by Gasteiger charge is -2.23. The summed E-state index contributed by atoms with van der Waals surface area (Å²) in [5, 5.41) is 5.29. The molecule has 4 heterocycles. The van der Waals surface area contributed by atoms with Gasteiger partial charge in [0.25, 0.3) is 5.91 Å². The molecule has 0 unspecified atom stereocenters. The predicted octanol–water partition coefficient (Wildman–Crippen LogP) is 4.13. The Kier molecular flexibility index (Phi) is 3.62. The first-order valence-corrected chi connectivity index (χ1v) is 9.34. The van der Waals surface area contributed by atoms with Crippen LogP contribution in [-0.2, 0) is 13.5 Å². The first kappa shape index (κ1) is 16.7. The van der Waals surface area contributed by atoms with E-state index in [4.69, 9.17) is 9.40 Å². The van der Waals surface area contributed by atoms with E-state index in [1.165, 1.54) is 5.56 Å². The summed E-state index contributed by atoms with van der Waals surface area (Å²) in [6.45, 7) is 3.99. The zero-order valence-electron chi connectivity index (χ0n) is 16.0. The Morgan fingerprint density at radius 1 is 1.21 bits per heavy atom. The number of anilines is 1. The molecule has 140 valence electrons. The molecule has 0 spiro atoms. The van der Waals surface area contributed by atoms with Gasteiger partial charge >= 0.3 is 0 Å². The lowest BCUT2D eigenvalue weighted by molar-refractivity contribution is 0.0983. The van der Waals surface area contributed by atoms with E-state index in [1.54, 1.807) is 10.9 Å². The van der Waals surface area contributed by atoms with Crippen molar-refractivity contribution in [2.24, 2.45) is 7.05 Å². The third-order valence-electron chi connectivity index (χ3n) is 5.40. The largest absolute Gasteiger partial charge is 0.463 e. The highest BCUT2D eigenvalue weighted by Gasteiger charge is 2.33. The summed E-state index contributed by atoms with van der Waals surface area (Å²) >= 11 is 0. The monoisotopic (exact) mass is 372 g/mol. The number of fused-ring (bicyclic) bond motifs is 2. The van der Waals surface area contributed by atoms with Crippen LogP contribution in [0, 0.1) is 6.92 Å². The first-order valence-electron chi connectivity index (χ1n) is 9.34. The van der Waals surface area contributed by atoms with Gasteiger partial charge in [-0.25, -0.2) is 4.98 Å². The Labute approximate surface area is 162 Å². The number of aryl methyl sites for hydroxylation is 2. The quantitative estimate of drug-likeness (QED) is 0.531. The number of furan rings is 1. The molecule has 1 amide bonds. The lowest BCUT2D eigenvalue weighted by Crippen LogP contribution is -2.36. The third-order valence-corrected chi connectivity index (χ3v) is 5.40. The van der Waals surface area contributed by atoms with Crippen LogP contribution < -0.4 is 4.90 Å². The fraction of sp³-hybridized carbons (Fsp3) is 0.227. The highest BCUT2D eigenvalue weighted by atomic mass is 16.3. The minimum atomic E-state index is -0.0336. The number of carbonyl (C=O) groups is 1. The first-order chi connectivity index (χ1) is 13.5. The van der Waals surface area contributed by atoms with Crippen LogP contribution in [0.3, 0.4) is 0 Å². The number of carbonyl (C=O) groups excluding carboxylic acids is 1. The van der Waals surface area contributed by atoms with Gasteiger partial charge < -0.3 is 9.32 Å². The molecule has 1 aromatic carbocycles. The van der Waals surface area contributed by atoms with Gasteiger partial charge in [-0.1, -0.05) is 18.2 Å². The minimum absolute atomic E-state index is 0.0336. The molecule has 5 rings (SSSR count). The molecule has 1 aliphatic heterocycles. The fourth-order valence-corrected chi connectivity index (χ4v) is 4.17. The fourth-order valence-electron chi connectivity index (χ4n) is 4.17. The molecule has 0 N–H and O–H groups in total. The second kappa shape index (κ2) is 6.05. The molecule has 4 aromatic rings. The molecule has 1 atom stereocenters. The Balaban J connectivity index is 1.73. The van der Waals surface area contributed by atoms with Gasteiger partial charge in [0.15, 0.2) is 11.4 Å². The van der Waals surface area contributed by atoms with Crippen LogP contribution >= 0.6 is 0 Å². The molecular weight excluding hydrogens is 352 g/mol. The van der Waals surface area contributed by atoms with Gasteiger partial charge in [0.1, 0.15) is 5.69 Å². The van der Waals surface area contributed by atoms with Crippen LogP contribution in [0.4, 0.5) is 5.69 Å². The third kappa shape index (κ3) is 2.37. The highest BCUT2D eigenvalue weighted by molar-refractivity contribution is 6.15. The molecule has 0 fully saturated rings. The van der Waals surface area contributed by atoms with E-state index in [-0.39, 0.29) is 11.9 Å². The standard InChI is InChI=1S/C22H20N4O2/c1-13-11-15-7-4-5-8-18(15)26(13)22(27)16-12-17(19-9-6-10-28-19)23-21-20(16)14(2)24-25(21)3/h4-10,12-13H,11H2,1-3H3/t13-/m0/s1. The van der Waals surface area contributed by atoms with Crippen LogP contribution in [0.15, 0.2) is 53.1 Å². The summed E-state index contributed by atoms with van der Waals surface area (Å²) in [7, 11) is 1.84. The number of benzene rings is 1. The highest BCUT2D eigenvalue weighted by Crippen LogP contribution is 2.35. The van der Waals surface area contributed by atoms with Gasteiger partial charge in [-0.15, -0.1) is 0 Å². The molecule has 0 bridgehead atoms. The number of hydrogen-bond donors (Lipinski definition) is 0. The number of rotatable bonds is 2. The van der Waals surface area contributed by atoms with Crippen molar-refractivity contribution in [3.05, 3.63) is 65.5 Å². The Morgan fingerprint density at radius 2 is 2.04 bits per heavy atom. The molecule has 6 nitrogen and oxygen atoms in total.